The molecular weight excluding hydrogens is 327 g/mol. The summed E-state index contributed by atoms with van der Waals surface area (Å²) in [7, 11) is 0. The van der Waals surface area contributed by atoms with Crippen molar-refractivity contribution in [3.05, 3.63) is 17.8 Å². The summed E-state index contributed by atoms with van der Waals surface area (Å²) in [5.41, 5.74) is -1.08. The Morgan fingerprint density at radius 3 is 2.54 bits per heavy atom. The number of piperidine rings is 1. The highest BCUT2D eigenvalue weighted by atomic mass is 19.4. The van der Waals surface area contributed by atoms with Crippen molar-refractivity contribution in [1.82, 2.24) is 10.2 Å². The fourth-order valence-electron chi connectivity index (χ4n) is 3.76. The van der Waals surface area contributed by atoms with E-state index in [-0.39, 0.29) is 25.2 Å². The molecule has 0 aliphatic carbocycles. The van der Waals surface area contributed by atoms with Crippen LogP contribution in [0.2, 0.25) is 0 Å². The molecule has 1 aromatic rings. The molecule has 2 aliphatic rings. The monoisotopic (exact) mass is 345 g/mol. The lowest BCUT2D eigenvalue weighted by Crippen LogP contribution is -2.55. The highest BCUT2D eigenvalue weighted by Crippen LogP contribution is 2.51. The number of alkyl halides is 3. The van der Waals surface area contributed by atoms with Crippen LogP contribution in [-0.2, 0) is 4.74 Å². The van der Waals surface area contributed by atoms with Crippen molar-refractivity contribution < 1.29 is 27.8 Å². The number of hydrogen-bond acceptors (Lipinski definition) is 5. The zero-order valence-corrected chi connectivity index (χ0v) is 12.9. The van der Waals surface area contributed by atoms with Gasteiger partial charge in [0.2, 0.25) is 0 Å². The third-order valence-electron chi connectivity index (χ3n) is 5.01. The summed E-state index contributed by atoms with van der Waals surface area (Å²) in [6.07, 6.45) is -3.53. The van der Waals surface area contributed by atoms with Crippen LogP contribution in [0, 0.1) is 11.3 Å². The summed E-state index contributed by atoms with van der Waals surface area (Å²) in [6, 6.07) is 2.81. The van der Waals surface area contributed by atoms with E-state index in [1.165, 1.54) is 12.1 Å². The van der Waals surface area contributed by atoms with Crippen molar-refractivity contribution in [3.8, 4) is 0 Å². The van der Waals surface area contributed by atoms with Crippen molar-refractivity contribution in [2.24, 2.45) is 11.3 Å². The van der Waals surface area contributed by atoms with Gasteiger partial charge >= 0.3 is 12.1 Å². The largest absolute Gasteiger partial charge is 0.476 e. The molecule has 6 nitrogen and oxygen atoms in total. The molecular formula is C15H18F3N3O3. The molecule has 0 bridgehead atoms. The normalized spacial score (nSPS) is 24.1. The summed E-state index contributed by atoms with van der Waals surface area (Å²) in [4.78, 5) is 12.6. The lowest BCUT2D eigenvalue weighted by molar-refractivity contribution is -0.223. The van der Waals surface area contributed by atoms with Crippen LogP contribution in [0.15, 0.2) is 12.1 Å². The molecule has 1 aromatic heterocycles. The molecule has 1 N–H and O–H groups in total. The molecule has 0 saturated carbocycles. The maximum Gasteiger partial charge on any atom is 0.392 e. The Morgan fingerprint density at radius 2 is 2.00 bits per heavy atom. The molecule has 0 radical (unpaired) electrons. The predicted molar refractivity (Wildman–Crippen MR) is 77.9 cm³/mol. The van der Waals surface area contributed by atoms with Crippen molar-refractivity contribution in [1.29, 1.82) is 0 Å². The highest BCUT2D eigenvalue weighted by Gasteiger charge is 2.56. The minimum absolute atomic E-state index is 0.00807. The van der Waals surface area contributed by atoms with Crippen LogP contribution in [0.4, 0.5) is 19.0 Å². The number of halogens is 3. The minimum Gasteiger partial charge on any atom is -0.476 e. The van der Waals surface area contributed by atoms with Gasteiger partial charge in [0.25, 0.3) is 0 Å². The second-order valence-electron chi connectivity index (χ2n) is 6.36. The minimum atomic E-state index is -4.23. The van der Waals surface area contributed by atoms with E-state index >= 15 is 0 Å². The topological polar surface area (TPSA) is 75.5 Å². The van der Waals surface area contributed by atoms with Crippen molar-refractivity contribution >= 4 is 11.8 Å². The smallest absolute Gasteiger partial charge is 0.392 e. The number of carboxylic acids is 1. The Hall–Kier alpha value is -1.90. The predicted octanol–water partition coefficient (Wildman–Crippen LogP) is 2.36. The fourth-order valence-corrected chi connectivity index (χ4v) is 3.76. The molecule has 0 amide bonds. The molecule has 9 heteroatoms. The average Bonchev–Trinajstić information content (AvgIpc) is 2.54. The number of nitrogens with zero attached hydrogens (tertiary/aromatic N) is 3. The van der Waals surface area contributed by atoms with E-state index in [1.807, 2.05) is 0 Å². The number of anilines is 1. The second-order valence-corrected chi connectivity index (χ2v) is 6.36. The van der Waals surface area contributed by atoms with Gasteiger partial charge < -0.3 is 14.7 Å². The van der Waals surface area contributed by atoms with Crippen molar-refractivity contribution in [2.75, 3.05) is 31.2 Å². The molecule has 3 rings (SSSR count). The molecule has 2 fully saturated rings. The third kappa shape index (κ3) is 3.17. The molecule has 1 unspecified atom stereocenters. The van der Waals surface area contributed by atoms with Gasteiger partial charge in [-0.05, 0) is 31.4 Å². The summed E-state index contributed by atoms with van der Waals surface area (Å²) >= 11 is 0. The van der Waals surface area contributed by atoms with Gasteiger partial charge in [0, 0.05) is 31.7 Å². The molecule has 2 aliphatic heterocycles. The third-order valence-corrected chi connectivity index (χ3v) is 5.01. The van der Waals surface area contributed by atoms with E-state index in [9.17, 15) is 18.0 Å². The first-order valence-corrected chi connectivity index (χ1v) is 7.78. The highest BCUT2D eigenvalue weighted by molar-refractivity contribution is 5.85. The van der Waals surface area contributed by atoms with Gasteiger partial charge in [-0.3, -0.25) is 0 Å². The van der Waals surface area contributed by atoms with Crippen LogP contribution in [0.1, 0.15) is 29.8 Å². The van der Waals surface area contributed by atoms with Crippen LogP contribution in [0.25, 0.3) is 0 Å². The Morgan fingerprint density at radius 1 is 1.29 bits per heavy atom. The Kier molecular flexibility index (Phi) is 4.37. The van der Waals surface area contributed by atoms with Gasteiger partial charge in [0.1, 0.15) is 0 Å². The van der Waals surface area contributed by atoms with Gasteiger partial charge in [0.05, 0.1) is 5.92 Å². The first-order chi connectivity index (χ1) is 11.3. The number of carbonyl (C=O) groups is 1. The van der Waals surface area contributed by atoms with E-state index in [4.69, 9.17) is 9.84 Å². The molecule has 132 valence electrons. The summed E-state index contributed by atoms with van der Waals surface area (Å²) in [6.45, 7) is 1.09. The second kappa shape index (κ2) is 6.19. The van der Waals surface area contributed by atoms with E-state index < -0.39 is 23.5 Å². The number of carboxylic acid groups (broad SMARTS) is 1. The maximum absolute atomic E-state index is 13.5. The molecule has 24 heavy (non-hydrogen) atoms. The van der Waals surface area contributed by atoms with E-state index in [2.05, 4.69) is 10.2 Å². The first kappa shape index (κ1) is 16.9. The quantitative estimate of drug-likeness (QED) is 0.887. The van der Waals surface area contributed by atoms with Crippen molar-refractivity contribution in [3.63, 3.8) is 0 Å². The zero-order valence-electron chi connectivity index (χ0n) is 12.9. The van der Waals surface area contributed by atoms with Crippen LogP contribution in [0.5, 0.6) is 0 Å². The first-order valence-electron chi connectivity index (χ1n) is 7.78. The summed E-state index contributed by atoms with van der Waals surface area (Å²) < 4.78 is 45.7. The van der Waals surface area contributed by atoms with E-state index in [1.54, 1.807) is 4.90 Å². The SMILES string of the molecule is O=C(O)c1ccc(N2CCC(C(F)(F)F)C3(CCOCC3)C2)nn1. The molecule has 1 spiro atoms. The van der Waals surface area contributed by atoms with Gasteiger partial charge in [-0.1, -0.05) is 0 Å². The molecule has 0 aromatic carbocycles. The Bertz CT molecular complexity index is 600. The van der Waals surface area contributed by atoms with Gasteiger partial charge in [-0.15, -0.1) is 10.2 Å². The van der Waals surface area contributed by atoms with E-state index in [0.29, 0.717) is 31.9 Å². The lowest BCUT2D eigenvalue weighted by Gasteiger charge is -2.50. The van der Waals surface area contributed by atoms with Crippen LogP contribution in [-0.4, -0.2) is 53.8 Å². The summed E-state index contributed by atoms with van der Waals surface area (Å²) in [5.74, 6) is -2.13. The molecule has 1 atom stereocenters. The lowest BCUT2D eigenvalue weighted by atomic mass is 9.65. The average molecular weight is 345 g/mol. The summed E-state index contributed by atoms with van der Waals surface area (Å²) in [5, 5.41) is 16.3. The number of aromatic nitrogens is 2. The Balaban J connectivity index is 1.84. The van der Waals surface area contributed by atoms with Crippen molar-refractivity contribution in [2.45, 2.75) is 25.4 Å². The van der Waals surface area contributed by atoms with Crippen LogP contribution in [0.3, 0.4) is 0 Å². The zero-order chi connectivity index (χ0) is 17.4. The van der Waals surface area contributed by atoms with E-state index in [0.717, 1.165) is 0 Å². The Labute approximate surface area is 136 Å². The van der Waals surface area contributed by atoms with Gasteiger partial charge in [-0.25, -0.2) is 4.79 Å². The number of hydrogen-bond donors (Lipinski definition) is 1. The maximum atomic E-state index is 13.5. The van der Waals surface area contributed by atoms with Gasteiger partial charge in [-0.2, -0.15) is 13.2 Å². The van der Waals surface area contributed by atoms with Crippen LogP contribution < -0.4 is 4.90 Å². The molecule has 3 heterocycles. The number of aromatic carboxylic acids is 1. The number of rotatable bonds is 2. The molecule has 2 saturated heterocycles. The fraction of sp³-hybridized carbons (Fsp3) is 0.667. The number of ether oxygens (including phenoxy) is 1. The van der Waals surface area contributed by atoms with Gasteiger partial charge in [0.15, 0.2) is 11.5 Å². The van der Waals surface area contributed by atoms with Crippen LogP contribution >= 0.6 is 0 Å². The standard InChI is InChI=1S/C15H18F3N3O3/c16-15(17,18)11-3-6-21(9-14(11)4-7-24-8-5-14)12-2-1-10(13(22)23)19-20-12/h1-2,11H,3-9H2,(H,22,23).